The van der Waals surface area contributed by atoms with Crippen LogP contribution in [-0.2, 0) is 0 Å². The van der Waals surface area contributed by atoms with E-state index in [9.17, 15) is 0 Å². The lowest BCUT2D eigenvalue weighted by Crippen LogP contribution is -2.08. The highest BCUT2D eigenvalue weighted by Crippen LogP contribution is 2.26. The maximum atomic E-state index is 4.28. The number of aromatic nitrogens is 1. The summed E-state index contributed by atoms with van der Waals surface area (Å²) >= 11 is 1.68. The molecule has 0 aromatic carbocycles. The second-order valence-electron chi connectivity index (χ2n) is 2.86. The average Bonchev–Trinajstić information content (AvgIpc) is 2.49. The number of thiophene rings is 1. The SMILES string of the molecule is CN(C)c1ccnc2sccc12. The molecule has 0 N–H and O–H groups in total. The van der Waals surface area contributed by atoms with E-state index in [0.717, 1.165) is 4.83 Å². The van der Waals surface area contributed by atoms with E-state index < -0.39 is 0 Å². The number of hydrogen-bond acceptors (Lipinski definition) is 3. The minimum absolute atomic E-state index is 1.11. The number of anilines is 1. The molecular formula is C9H10N2S. The highest BCUT2D eigenvalue weighted by molar-refractivity contribution is 7.16. The number of fused-ring (bicyclic) bond motifs is 1. The number of nitrogens with zero attached hydrogens (tertiary/aromatic N) is 2. The Morgan fingerprint density at radius 3 is 2.92 bits per heavy atom. The maximum Gasteiger partial charge on any atom is 0.125 e. The Hall–Kier alpha value is -1.09. The fourth-order valence-electron chi connectivity index (χ4n) is 1.25. The largest absolute Gasteiger partial charge is 0.377 e. The van der Waals surface area contributed by atoms with Gasteiger partial charge in [0.05, 0.1) is 0 Å². The third kappa shape index (κ3) is 1.06. The predicted octanol–water partition coefficient (Wildman–Crippen LogP) is 2.36. The molecule has 0 amide bonds. The van der Waals surface area contributed by atoms with Crippen LogP contribution in [0.2, 0.25) is 0 Å². The molecule has 2 rings (SSSR count). The topological polar surface area (TPSA) is 16.1 Å². The van der Waals surface area contributed by atoms with E-state index in [0.29, 0.717) is 0 Å². The van der Waals surface area contributed by atoms with Crippen molar-refractivity contribution in [2.45, 2.75) is 0 Å². The zero-order valence-corrected chi connectivity index (χ0v) is 7.93. The van der Waals surface area contributed by atoms with Crippen molar-refractivity contribution in [2.75, 3.05) is 19.0 Å². The van der Waals surface area contributed by atoms with Crippen molar-refractivity contribution in [3.05, 3.63) is 23.7 Å². The van der Waals surface area contributed by atoms with Gasteiger partial charge in [-0.1, -0.05) is 0 Å². The van der Waals surface area contributed by atoms with Gasteiger partial charge in [0.25, 0.3) is 0 Å². The smallest absolute Gasteiger partial charge is 0.125 e. The molecule has 0 atom stereocenters. The third-order valence-electron chi connectivity index (χ3n) is 1.83. The first-order valence-electron chi connectivity index (χ1n) is 3.78. The molecule has 0 aliphatic rings. The molecule has 12 heavy (non-hydrogen) atoms. The summed E-state index contributed by atoms with van der Waals surface area (Å²) in [6.45, 7) is 0. The Morgan fingerprint density at radius 2 is 2.17 bits per heavy atom. The van der Waals surface area contributed by atoms with Gasteiger partial charge in [-0.15, -0.1) is 11.3 Å². The Morgan fingerprint density at radius 1 is 1.33 bits per heavy atom. The summed E-state index contributed by atoms with van der Waals surface area (Å²) < 4.78 is 0. The van der Waals surface area contributed by atoms with Crippen molar-refractivity contribution in [3.63, 3.8) is 0 Å². The van der Waals surface area contributed by atoms with E-state index in [4.69, 9.17) is 0 Å². The zero-order valence-electron chi connectivity index (χ0n) is 7.11. The van der Waals surface area contributed by atoms with Crippen LogP contribution in [0, 0.1) is 0 Å². The summed E-state index contributed by atoms with van der Waals surface area (Å²) in [5, 5.41) is 3.32. The lowest BCUT2D eigenvalue weighted by atomic mass is 10.3. The van der Waals surface area contributed by atoms with Crippen molar-refractivity contribution in [3.8, 4) is 0 Å². The lowest BCUT2D eigenvalue weighted by Gasteiger charge is -2.12. The van der Waals surface area contributed by atoms with Gasteiger partial charge < -0.3 is 4.90 Å². The Bertz CT molecular complexity index is 392. The van der Waals surface area contributed by atoms with Crippen LogP contribution in [0.4, 0.5) is 5.69 Å². The molecule has 3 heteroatoms. The van der Waals surface area contributed by atoms with Crippen LogP contribution < -0.4 is 4.90 Å². The van der Waals surface area contributed by atoms with Gasteiger partial charge in [-0.3, -0.25) is 0 Å². The van der Waals surface area contributed by atoms with Gasteiger partial charge in [0, 0.05) is 31.4 Å². The van der Waals surface area contributed by atoms with E-state index >= 15 is 0 Å². The molecule has 0 saturated carbocycles. The lowest BCUT2D eigenvalue weighted by molar-refractivity contribution is 1.14. The normalized spacial score (nSPS) is 10.5. The van der Waals surface area contributed by atoms with Crippen LogP contribution >= 0.6 is 11.3 Å². The van der Waals surface area contributed by atoms with E-state index in [2.05, 4.69) is 21.3 Å². The molecule has 0 saturated heterocycles. The maximum absolute atomic E-state index is 4.28. The summed E-state index contributed by atoms with van der Waals surface area (Å²) in [5.41, 5.74) is 1.24. The first-order chi connectivity index (χ1) is 5.79. The molecule has 0 aliphatic carbocycles. The van der Waals surface area contributed by atoms with Crippen molar-refractivity contribution in [1.82, 2.24) is 4.98 Å². The summed E-state index contributed by atoms with van der Waals surface area (Å²) in [6.07, 6.45) is 1.86. The van der Waals surface area contributed by atoms with Crippen LogP contribution in [-0.4, -0.2) is 19.1 Å². The van der Waals surface area contributed by atoms with Crippen LogP contribution in [0.15, 0.2) is 23.7 Å². The van der Waals surface area contributed by atoms with Gasteiger partial charge in [0.15, 0.2) is 0 Å². The molecular weight excluding hydrogens is 168 g/mol. The molecule has 0 radical (unpaired) electrons. The molecule has 0 bridgehead atoms. The van der Waals surface area contributed by atoms with Crippen molar-refractivity contribution in [1.29, 1.82) is 0 Å². The Kier molecular flexibility index (Phi) is 1.73. The van der Waals surface area contributed by atoms with Gasteiger partial charge in [0.2, 0.25) is 0 Å². The quantitative estimate of drug-likeness (QED) is 0.666. The van der Waals surface area contributed by atoms with Gasteiger partial charge in [-0.05, 0) is 17.5 Å². The summed E-state index contributed by atoms with van der Waals surface area (Å²) in [7, 11) is 4.10. The molecule has 0 fully saturated rings. The molecule has 62 valence electrons. The van der Waals surface area contributed by atoms with Crippen LogP contribution in [0.3, 0.4) is 0 Å². The Labute approximate surface area is 75.5 Å². The molecule has 0 unspecified atom stereocenters. The monoisotopic (exact) mass is 178 g/mol. The molecule has 2 aromatic heterocycles. The molecule has 0 spiro atoms. The molecule has 2 heterocycles. The van der Waals surface area contributed by atoms with Crippen LogP contribution in [0.1, 0.15) is 0 Å². The van der Waals surface area contributed by atoms with E-state index in [1.165, 1.54) is 11.1 Å². The minimum Gasteiger partial charge on any atom is -0.377 e. The van der Waals surface area contributed by atoms with Crippen molar-refractivity contribution < 1.29 is 0 Å². The third-order valence-corrected chi connectivity index (χ3v) is 2.65. The fraction of sp³-hybridized carbons (Fsp3) is 0.222. The van der Waals surface area contributed by atoms with Gasteiger partial charge in [-0.2, -0.15) is 0 Å². The van der Waals surface area contributed by atoms with E-state index in [1.807, 2.05) is 26.4 Å². The highest BCUT2D eigenvalue weighted by atomic mass is 32.1. The summed E-state index contributed by atoms with van der Waals surface area (Å²) in [4.78, 5) is 7.50. The van der Waals surface area contributed by atoms with Crippen molar-refractivity contribution >= 4 is 27.2 Å². The number of hydrogen-bond donors (Lipinski definition) is 0. The average molecular weight is 178 g/mol. The second-order valence-corrected chi connectivity index (χ2v) is 3.76. The summed E-state index contributed by atoms with van der Waals surface area (Å²) in [6, 6.07) is 4.15. The van der Waals surface area contributed by atoms with E-state index in [1.54, 1.807) is 11.3 Å². The molecule has 2 nitrogen and oxygen atoms in total. The van der Waals surface area contributed by atoms with Crippen molar-refractivity contribution in [2.24, 2.45) is 0 Å². The minimum atomic E-state index is 1.11. The van der Waals surface area contributed by atoms with Gasteiger partial charge >= 0.3 is 0 Å². The van der Waals surface area contributed by atoms with Crippen LogP contribution in [0.5, 0.6) is 0 Å². The Balaban J connectivity index is 2.73. The van der Waals surface area contributed by atoms with Crippen LogP contribution in [0.25, 0.3) is 10.2 Å². The van der Waals surface area contributed by atoms with E-state index in [-0.39, 0.29) is 0 Å². The predicted molar refractivity (Wildman–Crippen MR) is 53.9 cm³/mol. The molecule has 0 aliphatic heterocycles. The fourth-order valence-corrected chi connectivity index (χ4v) is 2.01. The van der Waals surface area contributed by atoms with Gasteiger partial charge in [-0.25, -0.2) is 4.98 Å². The zero-order chi connectivity index (χ0) is 8.55. The first kappa shape index (κ1) is 7.55. The number of rotatable bonds is 1. The second kappa shape index (κ2) is 2.75. The first-order valence-corrected chi connectivity index (χ1v) is 4.66. The highest BCUT2D eigenvalue weighted by Gasteiger charge is 2.02. The molecule has 2 aromatic rings. The standard InChI is InChI=1S/C9H10N2S/c1-11(2)8-3-5-10-9-7(8)4-6-12-9/h3-6H,1-2H3. The summed E-state index contributed by atoms with van der Waals surface area (Å²) in [5.74, 6) is 0. The van der Waals surface area contributed by atoms with Gasteiger partial charge in [0.1, 0.15) is 4.83 Å². The number of pyridine rings is 1.